The summed E-state index contributed by atoms with van der Waals surface area (Å²) in [6, 6.07) is 0. The molecule has 12 atom stereocenters. The van der Waals surface area contributed by atoms with Gasteiger partial charge in [-0.25, -0.2) is 0 Å². The summed E-state index contributed by atoms with van der Waals surface area (Å²) in [5.41, 5.74) is 1.48. The van der Waals surface area contributed by atoms with Gasteiger partial charge in [0.1, 0.15) is 0 Å². The highest BCUT2D eigenvalue weighted by Crippen LogP contribution is 2.70. The zero-order valence-electron chi connectivity index (χ0n) is 19.8. The number of hydrogen-bond acceptors (Lipinski definition) is 4. The average Bonchev–Trinajstić information content (AvgIpc) is 3.16. The van der Waals surface area contributed by atoms with Crippen LogP contribution in [0.2, 0.25) is 0 Å². The summed E-state index contributed by atoms with van der Waals surface area (Å²) in [6.45, 7) is 10.4. The first-order chi connectivity index (χ1) is 14.7. The second kappa shape index (κ2) is 6.81. The summed E-state index contributed by atoms with van der Waals surface area (Å²) in [5, 5.41) is 21.4. The molecule has 2 N–H and O–H groups in total. The first kappa shape index (κ1) is 21.1. The van der Waals surface area contributed by atoms with Gasteiger partial charge in [0.05, 0.1) is 24.9 Å². The maximum atomic E-state index is 11.1. The van der Waals surface area contributed by atoms with E-state index in [9.17, 15) is 10.2 Å². The molecule has 4 nitrogen and oxygen atoms in total. The largest absolute Gasteiger partial charge is 0.393 e. The predicted molar refractivity (Wildman–Crippen MR) is 119 cm³/mol. The highest BCUT2D eigenvalue weighted by Gasteiger charge is 2.69. The van der Waals surface area contributed by atoms with E-state index in [4.69, 9.17) is 9.47 Å². The van der Waals surface area contributed by atoms with Gasteiger partial charge in [-0.3, -0.25) is 0 Å². The summed E-state index contributed by atoms with van der Waals surface area (Å²) >= 11 is 0. The molecule has 3 saturated carbocycles. The Morgan fingerprint density at radius 1 is 1.03 bits per heavy atom. The smallest absolute Gasteiger partial charge is 0.171 e. The summed E-state index contributed by atoms with van der Waals surface area (Å²) in [4.78, 5) is 0. The molecular formula is C27H42O4. The van der Waals surface area contributed by atoms with Crippen LogP contribution >= 0.6 is 0 Å². The number of aliphatic hydroxyl groups is 2. The van der Waals surface area contributed by atoms with Crippen molar-refractivity contribution in [1.29, 1.82) is 0 Å². The Morgan fingerprint density at radius 2 is 1.84 bits per heavy atom. The van der Waals surface area contributed by atoms with E-state index in [1.807, 2.05) is 0 Å². The third-order valence-electron chi connectivity index (χ3n) is 11.4. The SMILES string of the molecule is C[C@@H]1CC[C@@]2(OC1)O[C@H]1C[C@@H]3[C@@H]4CC=C5C[C@@H](O)C[C@@H](O)[C@]5(C)[C@H]4CC[C@]3(C)[C@H]1[C@@H]2C. The van der Waals surface area contributed by atoms with Crippen molar-refractivity contribution in [1.82, 2.24) is 0 Å². The third kappa shape index (κ3) is 2.68. The molecule has 6 rings (SSSR count). The molecule has 0 unspecified atom stereocenters. The second-order valence-electron chi connectivity index (χ2n) is 12.8. The van der Waals surface area contributed by atoms with Crippen molar-refractivity contribution < 1.29 is 19.7 Å². The van der Waals surface area contributed by atoms with E-state index in [1.54, 1.807) is 0 Å². The molecule has 5 fully saturated rings. The monoisotopic (exact) mass is 430 g/mol. The molecular weight excluding hydrogens is 388 g/mol. The highest BCUT2D eigenvalue weighted by atomic mass is 16.7. The number of aliphatic hydroxyl groups excluding tert-OH is 2. The van der Waals surface area contributed by atoms with Crippen molar-refractivity contribution in [2.24, 2.45) is 46.3 Å². The van der Waals surface area contributed by atoms with Crippen LogP contribution in [-0.2, 0) is 9.47 Å². The van der Waals surface area contributed by atoms with Gasteiger partial charge >= 0.3 is 0 Å². The van der Waals surface area contributed by atoms with Crippen molar-refractivity contribution in [3.05, 3.63) is 11.6 Å². The second-order valence-corrected chi connectivity index (χ2v) is 12.8. The molecule has 0 radical (unpaired) electrons. The lowest BCUT2D eigenvalue weighted by molar-refractivity contribution is -0.272. The Labute approximate surface area is 187 Å². The topological polar surface area (TPSA) is 58.9 Å². The number of ether oxygens (including phenoxy) is 2. The van der Waals surface area contributed by atoms with Crippen LogP contribution in [-0.4, -0.2) is 40.9 Å². The molecule has 2 heterocycles. The van der Waals surface area contributed by atoms with Crippen LogP contribution in [0.25, 0.3) is 0 Å². The molecule has 0 bridgehead atoms. The van der Waals surface area contributed by atoms with E-state index in [2.05, 4.69) is 33.8 Å². The fourth-order valence-corrected chi connectivity index (χ4v) is 9.72. The van der Waals surface area contributed by atoms with Crippen molar-refractivity contribution >= 4 is 0 Å². The maximum Gasteiger partial charge on any atom is 0.171 e. The lowest BCUT2D eigenvalue weighted by Gasteiger charge is -2.59. The molecule has 2 aliphatic heterocycles. The first-order valence-corrected chi connectivity index (χ1v) is 13.1. The van der Waals surface area contributed by atoms with E-state index in [-0.39, 0.29) is 17.3 Å². The van der Waals surface area contributed by atoms with Crippen molar-refractivity contribution in [3.8, 4) is 0 Å². The van der Waals surface area contributed by atoms with E-state index in [0.29, 0.717) is 53.4 Å². The van der Waals surface area contributed by atoms with Crippen molar-refractivity contribution in [3.63, 3.8) is 0 Å². The van der Waals surface area contributed by atoms with Gasteiger partial charge in [-0.05, 0) is 73.5 Å². The summed E-state index contributed by atoms with van der Waals surface area (Å²) in [6.07, 6.45) is 10.2. The van der Waals surface area contributed by atoms with E-state index >= 15 is 0 Å². The van der Waals surface area contributed by atoms with Crippen molar-refractivity contribution in [2.75, 3.05) is 6.61 Å². The van der Waals surface area contributed by atoms with Gasteiger partial charge < -0.3 is 19.7 Å². The fraction of sp³-hybridized carbons (Fsp3) is 0.926. The van der Waals surface area contributed by atoms with Gasteiger partial charge in [-0.1, -0.05) is 39.3 Å². The number of allylic oxidation sites excluding steroid dienone is 1. The zero-order chi connectivity index (χ0) is 21.8. The van der Waals surface area contributed by atoms with Gasteiger partial charge in [0.15, 0.2) is 5.79 Å². The highest BCUT2D eigenvalue weighted by molar-refractivity contribution is 5.28. The molecule has 4 heteroatoms. The quantitative estimate of drug-likeness (QED) is 0.548. The number of rotatable bonds is 0. The molecule has 0 amide bonds. The van der Waals surface area contributed by atoms with Crippen molar-refractivity contribution in [2.45, 2.75) is 103 Å². The van der Waals surface area contributed by atoms with E-state index < -0.39 is 6.10 Å². The maximum absolute atomic E-state index is 11.1. The average molecular weight is 431 g/mol. The van der Waals surface area contributed by atoms with E-state index in [0.717, 1.165) is 32.3 Å². The molecule has 0 aromatic rings. The summed E-state index contributed by atoms with van der Waals surface area (Å²) in [5.74, 6) is 3.17. The van der Waals surface area contributed by atoms with Gasteiger partial charge in [0, 0.05) is 24.2 Å². The fourth-order valence-electron chi connectivity index (χ4n) is 9.72. The molecule has 31 heavy (non-hydrogen) atoms. The minimum atomic E-state index is -0.420. The molecule has 2 saturated heterocycles. The van der Waals surface area contributed by atoms with Crippen LogP contribution in [0.5, 0.6) is 0 Å². The Bertz CT molecular complexity index is 769. The van der Waals surface area contributed by atoms with Crippen LogP contribution < -0.4 is 0 Å². The number of hydrogen-bond donors (Lipinski definition) is 2. The number of fused-ring (bicyclic) bond motifs is 7. The van der Waals surface area contributed by atoms with Crippen LogP contribution in [0.1, 0.15) is 79.1 Å². The minimum absolute atomic E-state index is 0.155. The normalized spacial score (nSPS) is 60.7. The first-order valence-electron chi connectivity index (χ1n) is 13.1. The molecule has 0 aromatic heterocycles. The lowest BCUT2D eigenvalue weighted by atomic mass is 9.46. The van der Waals surface area contributed by atoms with Crippen LogP contribution in [0.15, 0.2) is 11.6 Å². The summed E-state index contributed by atoms with van der Waals surface area (Å²) in [7, 11) is 0. The molecule has 174 valence electrons. The Balaban J connectivity index is 1.29. The summed E-state index contributed by atoms with van der Waals surface area (Å²) < 4.78 is 13.3. The molecule has 1 spiro atoms. The van der Waals surface area contributed by atoms with Crippen LogP contribution in [0, 0.1) is 46.3 Å². The molecule has 4 aliphatic carbocycles. The van der Waals surface area contributed by atoms with Gasteiger partial charge in [0.2, 0.25) is 0 Å². The Morgan fingerprint density at radius 3 is 2.58 bits per heavy atom. The van der Waals surface area contributed by atoms with Gasteiger partial charge in [0.25, 0.3) is 0 Å². The van der Waals surface area contributed by atoms with Crippen LogP contribution in [0.4, 0.5) is 0 Å². The Kier molecular flexibility index (Phi) is 4.64. The molecule has 6 aliphatic rings. The van der Waals surface area contributed by atoms with Crippen LogP contribution in [0.3, 0.4) is 0 Å². The zero-order valence-corrected chi connectivity index (χ0v) is 19.8. The van der Waals surface area contributed by atoms with Gasteiger partial charge in [-0.2, -0.15) is 0 Å². The third-order valence-corrected chi connectivity index (χ3v) is 11.4. The predicted octanol–water partition coefficient (Wildman–Crippen LogP) is 4.68. The molecule has 0 aromatic carbocycles. The lowest BCUT2D eigenvalue weighted by Crippen LogP contribution is -2.56. The Hall–Kier alpha value is -0.420. The minimum Gasteiger partial charge on any atom is -0.393 e. The standard InChI is InChI=1S/C27H42O4/c1-15-7-10-27(30-14-15)16(2)24-22(31-27)13-21-19-6-5-17-11-18(28)12-23(29)26(17,4)20(19)8-9-25(21,24)3/h5,15-16,18-24,28-29H,6-14H2,1-4H3/t15-,16+,18-,19-,20+,21-,22+,23-,24+,25+,26+,27-/m1/s1. The van der Waals surface area contributed by atoms with E-state index in [1.165, 1.54) is 24.8 Å². The van der Waals surface area contributed by atoms with Gasteiger partial charge in [-0.15, -0.1) is 0 Å².